The van der Waals surface area contributed by atoms with Gasteiger partial charge < -0.3 is 0 Å². The zero-order valence-corrected chi connectivity index (χ0v) is 12.1. The highest BCUT2D eigenvalue weighted by Gasteiger charge is 2.35. The third-order valence-electron chi connectivity index (χ3n) is 2.98. The molecule has 1 atom stereocenters. The summed E-state index contributed by atoms with van der Waals surface area (Å²) in [6.45, 7) is 3.51. The van der Waals surface area contributed by atoms with Crippen LogP contribution >= 0.6 is 23.5 Å². The van der Waals surface area contributed by atoms with E-state index in [0.717, 1.165) is 17.1 Å². The molecule has 1 saturated heterocycles. The van der Waals surface area contributed by atoms with Gasteiger partial charge >= 0.3 is 0 Å². The summed E-state index contributed by atoms with van der Waals surface area (Å²) in [4.78, 5) is 24.2. The lowest BCUT2D eigenvalue weighted by Gasteiger charge is -2.18. The molecule has 0 amide bonds. The molecule has 4 heteroatoms. The highest BCUT2D eigenvalue weighted by atomic mass is 32.2. The highest BCUT2D eigenvalue weighted by molar-refractivity contribution is 8.20. The smallest absolute Gasteiger partial charge is 0.175 e. The largest absolute Gasteiger partial charge is 0.299 e. The highest BCUT2D eigenvalue weighted by Crippen LogP contribution is 2.39. The predicted molar refractivity (Wildman–Crippen MR) is 78.4 cm³/mol. The summed E-state index contributed by atoms with van der Waals surface area (Å²) in [5, 5.41) is 0. The van der Waals surface area contributed by atoms with Gasteiger partial charge in [-0.25, -0.2) is 0 Å². The van der Waals surface area contributed by atoms with E-state index in [1.807, 2.05) is 31.2 Å². The van der Waals surface area contributed by atoms with E-state index in [1.54, 1.807) is 23.5 Å². The minimum Gasteiger partial charge on any atom is -0.299 e. The Morgan fingerprint density at radius 2 is 1.72 bits per heavy atom. The maximum atomic E-state index is 12.4. The third kappa shape index (κ3) is 2.98. The fourth-order valence-corrected chi connectivity index (χ4v) is 5.18. The third-order valence-corrected chi connectivity index (χ3v) is 6.13. The van der Waals surface area contributed by atoms with Gasteiger partial charge in [0, 0.05) is 17.1 Å². The number of hydrogen-bond acceptors (Lipinski definition) is 4. The standard InChI is InChI=1S/C14H16O2S2/c1-9-3-5-11(6-4-9)13(16)12(10(2)15)14-17-7-8-18-14/h3-6,12,14H,7-8H2,1-2H3. The summed E-state index contributed by atoms with van der Waals surface area (Å²) in [5.41, 5.74) is 1.77. The Kier molecular flexibility index (Phi) is 4.51. The van der Waals surface area contributed by atoms with Crippen molar-refractivity contribution in [3.63, 3.8) is 0 Å². The molecular weight excluding hydrogens is 264 g/mol. The quantitative estimate of drug-likeness (QED) is 0.626. The van der Waals surface area contributed by atoms with Crippen LogP contribution < -0.4 is 0 Å². The molecule has 0 bridgehead atoms. The molecule has 1 aromatic rings. The lowest BCUT2D eigenvalue weighted by atomic mass is 9.95. The number of rotatable bonds is 4. The van der Waals surface area contributed by atoms with E-state index >= 15 is 0 Å². The molecule has 0 aliphatic carbocycles. The Morgan fingerprint density at radius 1 is 1.17 bits per heavy atom. The van der Waals surface area contributed by atoms with Crippen molar-refractivity contribution in [1.29, 1.82) is 0 Å². The molecular formula is C14H16O2S2. The molecule has 2 nitrogen and oxygen atoms in total. The summed E-state index contributed by atoms with van der Waals surface area (Å²) in [6.07, 6.45) is 0. The molecule has 0 radical (unpaired) electrons. The number of aryl methyl sites for hydroxylation is 1. The van der Waals surface area contributed by atoms with E-state index in [0.29, 0.717) is 5.56 Å². The fraction of sp³-hybridized carbons (Fsp3) is 0.429. The summed E-state index contributed by atoms with van der Waals surface area (Å²) in [6, 6.07) is 7.47. The van der Waals surface area contributed by atoms with Crippen molar-refractivity contribution in [2.45, 2.75) is 18.4 Å². The number of thioether (sulfide) groups is 2. The van der Waals surface area contributed by atoms with Crippen molar-refractivity contribution in [3.8, 4) is 0 Å². The van der Waals surface area contributed by atoms with Crippen LogP contribution in [0.4, 0.5) is 0 Å². The van der Waals surface area contributed by atoms with Crippen LogP contribution in [0.15, 0.2) is 24.3 Å². The van der Waals surface area contributed by atoms with Crippen molar-refractivity contribution < 1.29 is 9.59 Å². The van der Waals surface area contributed by atoms with Crippen LogP contribution in [0.1, 0.15) is 22.8 Å². The Morgan fingerprint density at radius 3 is 2.22 bits per heavy atom. The molecule has 1 heterocycles. The minimum atomic E-state index is -0.495. The molecule has 0 saturated carbocycles. The average molecular weight is 280 g/mol. The number of ketones is 2. The number of Topliss-reactive ketones (excluding diaryl/α,β-unsaturated/α-hetero) is 2. The Balaban J connectivity index is 2.22. The molecule has 1 aliphatic rings. The van der Waals surface area contributed by atoms with Gasteiger partial charge in [-0.3, -0.25) is 9.59 Å². The Hall–Kier alpha value is -0.740. The van der Waals surface area contributed by atoms with Crippen molar-refractivity contribution in [1.82, 2.24) is 0 Å². The molecule has 1 aromatic carbocycles. The maximum Gasteiger partial charge on any atom is 0.175 e. The first kappa shape index (κ1) is 13.7. The van der Waals surface area contributed by atoms with Crippen molar-refractivity contribution in [2.75, 3.05) is 11.5 Å². The lowest BCUT2D eigenvalue weighted by molar-refractivity contribution is -0.118. The molecule has 0 aromatic heterocycles. The average Bonchev–Trinajstić information content (AvgIpc) is 2.83. The van der Waals surface area contributed by atoms with Crippen LogP contribution in [0.2, 0.25) is 0 Å². The van der Waals surface area contributed by atoms with Crippen LogP contribution in [-0.2, 0) is 4.79 Å². The van der Waals surface area contributed by atoms with E-state index in [9.17, 15) is 9.59 Å². The second kappa shape index (κ2) is 5.93. The minimum absolute atomic E-state index is 0.0209. The predicted octanol–water partition coefficient (Wildman–Crippen LogP) is 3.19. The topological polar surface area (TPSA) is 34.1 Å². The van der Waals surface area contributed by atoms with Crippen molar-refractivity contribution in [3.05, 3.63) is 35.4 Å². The van der Waals surface area contributed by atoms with Gasteiger partial charge in [-0.1, -0.05) is 29.8 Å². The zero-order chi connectivity index (χ0) is 13.1. The van der Waals surface area contributed by atoms with Gasteiger partial charge in [-0.05, 0) is 13.8 Å². The Labute approximate surface area is 116 Å². The molecule has 1 fully saturated rings. The van der Waals surface area contributed by atoms with E-state index in [-0.39, 0.29) is 16.1 Å². The van der Waals surface area contributed by atoms with Crippen molar-refractivity contribution in [2.24, 2.45) is 5.92 Å². The molecule has 1 aliphatic heterocycles. The first-order chi connectivity index (χ1) is 8.59. The molecule has 0 N–H and O–H groups in total. The summed E-state index contributed by atoms with van der Waals surface area (Å²) < 4.78 is 0.0938. The normalized spacial score (nSPS) is 17.7. The van der Waals surface area contributed by atoms with E-state index < -0.39 is 5.92 Å². The van der Waals surface area contributed by atoms with Gasteiger partial charge in [-0.15, -0.1) is 23.5 Å². The number of carbonyl (C=O) groups excluding carboxylic acids is 2. The summed E-state index contributed by atoms with van der Waals surface area (Å²) >= 11 is 3.45. The first-order valence-electron chi connectivity index (χ1n) is 5.94. The van der Waals surface area contributed by atoms with E-state index in [1.165, 1.54) is 6.92 Å². The fourth-order valence-electron chi connectivity index (χ4n) is 1.97. The molecule has 0 spiro atoms. The van der Waals surface area contributed by atoms with Gasteiger partial charge in [0.25, 0.3) is 0 Å². The zero-order valence-electron chi connectivity index (χ0n) is 10.5. The molecule has 2 rings (SSSR count). The number of carbonyl (C=O) groups is 2. The molecule has 1 unspecified atom stereocenters. The number of hydrogen-bond donors (Lipinski definition) is 0. The second-order valence-corrected chi connectivity index (χ2v) is 7.23. The first-order valence-corrected chi connectivity index (χ1v) is 8.04. The van der Waals surface area contributed by atoms with Crippen LogP contribution in [0.5, 0.6) is 0 Å². The monoisotopic (exact) mass is 280 g/mol. The molecule has 96 valence electrons. The van der Waals surface area contributed by atoms with Crippen molar-refractivity contribution >= 4 is 35.1 Å². The number of benzene rings is 1. The van der Waals surface area contributed by atoms with Gasteiger partial charge in [-0.2, -0.15) is 0 Å². The van der Waals surface area contributed by atoms with Crippen LogP contribution in [-0.4, -0.2) is 27.7 Å². The maximum absolute atomic E-state index is 12.4. The summed E-state index contributed by atoms with van der Waals surface area (Å²) in [7, 11) is 0. The summed E-state index contributed by atoms with van der Waals surface area (Å²) in [5.74, 6) is 1.51. The lowest BCUT2D eigenvalue weighted by Crippen LogP contribution is -2.29. The van der Waals surface area contributed by atoms with Gasteiger partial charge in [0.15, 0.2) is 5.78 Å². The van der Waals surface area contributed by atoms with Crippen LogP contribution in [0, 0.1) is 12.8 Å². The van der Waals surface area contributed by atoms with Gasteiger partial charge in [0.1, 0.15) is 11.7 Å². The Bertz CT molecular complexity index is 447. The van der Waals surface area contributed by atoms with Crippen LogP contribution in [0.3, 0.4) is 0 Å². The molecule has 18 heavy (non-hydrogen) atoms. The van der Waals surface area contributed by atoms with E-state index in [4.69, 9.17) is 0 Å². The van der Waals surface area contributed by atoms with Gasteiger partial charge in [0.2, 0.25) is 0 Å². The van der Waals surface area contributed by atoms with Gasteiger partial charge in [0.05, 0.1) is 4.58 Å². The van der Waals surface area contributed by atoms with E-state index in [2.05, 4.69) is 0 Å². The second-order valence-electron chi connectivity index (χ2n) is 4.43. The SMILES string of the molecule is CC(=O)C(C(=O)c1ccc(C)cc1)C1SCCS1. The van der Waals surface area contributed by atoms with Crippen LogP contribution in [0.25, 0.3) is 0 Å².